The second-order valence-electron chi connectivity index (χ2n) is 11.4. The molecule has 232 valence electrons. The molecule has 1 atom stereocenters. The average molecular weight is 603 g/mol. The van der Waals surface area contributed by atoms with Gasteiger partial charge < -0.3 is 33.7 Å². The van der Waals surface area contributed by atoms with Crippen LogP contribution in [0.1, 0.15) is 62.6 Å². The van der Waals surface area contributed by atoms with Gasteiger partial charge in [0.15, 0.2) is 17.3 Å². The fourth-order valence-corrected chi connectivity index (χ4v) is 5.62. The lowest BCUT2D eigenvalue weighted by Gasteiger charge is -2.20. The van der Waals surface area contributed by atoms with E-state index in [0.29, 0.717) is 52.8 Å². The molecule has 2 aromatic heterocycles. The molecule has 1 aromatic carbocycles. The molecule has 0 bridgehead atoms. The highest BCUT2D eigenvalue weighted by Crippen LogP contribution is 2.38. The molecule has 1 saturated heterocycles. The Morgan fingerprint density at radius 1 is 1.05 bits per heavy atom. The SMILES string of the molecule is COc1cc2c(cc1OCCCC(=O)Nc1cc(C(=O)Cc3cc(C(=O)N(C)C)n(C)c3)n(C)c1)N=C[C@@H]1CCCN1C2=O. The number of aromatic nitrogens is 2. The van der Waals surface area contributed by atoms with Crippen LogP contribution in [0.25, 0.3) is 0 Å². The third-order valence-electron chi connectivity index (χ3n) is 7.89. The number of methoxy groups -OCH3 is 1. The molecular weight excluding hydrogens is 564 g/mol. The Morgan fingerprint density at radius 3 is 2.57 bits per heavy atom. The molecule has 0 saturated carbocycles. The standard InChI is InChI=1S/C32H38N6O6/c1-35(2)32(42)26-12-20(18-36(26)3)13-27(39)25-14-21(19-37(25)4)34-30(40)9-7-11-44-29-16-24-23(15-28(29)43-5)31(41)38-10-6-8-22(38)17-33-24/h12,14-19,22H,6-11,13H2,1-5H3,(H,34,40)/t22-/m0/s1. The summed E-state index contributed by atoms with van der Waals surface area (Å²) in [5, 5.41) is 2.85. The quantitative estimate of drug-likeness (QED) is 0.264. The Balaban J connectivity index is 1.14. The second-order valence-corrected chi connectivity index (χ2v) is 11.4. The number of fused-ring (bicyclic) bond motifs is 2. The van der Waals surface area contributed by atoms with Crippen LogP contribution in [-0.4, -0.2) is 89.1 Å². The number of Topliss-reactive ketones (excluding diaryl/α,β-unsaturated/α-hetero) is 1. The Hall–Kier alpha value is -4.87. The third-order valence-corrected chi connectivity index (χ3v) is 7.89. The number of nitrogens with one attached hydrogen (secondary N) is 1. The summed E-state index contributed by atoms with van der Waals surface area (Å²) >= 11 is 0. The average Bonchev–Trinajstić information content (AvgIpc) is 3.69. The van der Waals surface area contributed by atoms with Crippen molar-refractivity contribution in [3.05, 3.63) is 59.2 Å². The van der Waals surface area contributed by atoms with Crippen LogP contribution >= 0.6 is 0 Å². The van der Waals surface area contributed by atoms with Crippen LogP contribution in [0.5, 0.6) is 11.5 Å². The monoisotopic (exact) mass is 602 g/mol. The van der Waals surface area contributed by atoms with E-state index in [1.54, 1.807) is 74.0 Å². The summed E-state index contributed by atoms with van der Waals surface area (Å²) in [5.41, 5.74) is 3.24. The fraction of sp³-hybridized carbons (Fsp3) is 0.406. The molecule has 1 N–H and O–H groups in total. The first-order chi connectivity index (χ1) is 21.0. The van der Waals surface area contributed by atoms with Crippen LogP contribution in [0.3, 0.4) is 0 Å². The molecule has 2 aliphatic heterocycles. The van der Waals surface area contributed by atoms with Crippen LogP contribution in [0.15, 0.2) is 41.7 Å². The van der Waals surface area contributed by atoms with E-state index in [1.165, 1.54) is 12.0 Å². The highest BCUT2D eigenvalue weighted by molar-refractivity contribution is 6.03. The first kappa shape index (κ1) is 30.6. The summed E-state index contributed by atoms with van der Waals surface area (Å²) in [5.74, 6) is 0.366. The van der Waals surface area contributed by atoms with Crippen molar-refractivity contribution in [2.75, 3.05) is 39.7 Å². The van der Waals surface area contributed by atoms with Crippen molar-refractivity contribution in [3.63, 3.8) is 0 Å². The van der Waals surface area contributed by atoms with Crippen molar-refractivity contribution in [3.8, 4) is 11.5 Å². The molecule has 12 heteroatoms. The number of amides is 3. The van der Waals surface area contributed by atoms with E-state index in [9.17, 15) is 19.2 Å². The zero-order chi connectivity index (χ0) is 31.5. The van der Waals surface area contributed by atoms with Crippen molar-refractivity contribution in [1.82, 2.24) is 18.9 Å². The van der Waals surface area contributed by atoms with Crippen LogP contribution in [0, 0.1) is 0 Å². The Bertz CT molecular complexity index is 1630. The summed E-state index contributed by atoms with van der Waals surface area (Å²) in [4.78, 5) is 59.0. The van der Waals surface area contributed by atoms with Crippen molar-refractivity contribution in [1.29, 1.82) is 0 Å². The molecule has 44 heavy (non-hydrogen) atoms. The maximum Gasteiger partial charge on any atom is 0.269 e. The zero-order valence-electron chi connectivity index (χ0n) is 25.8. The van der Waals surface area contributed by atoms with Gasteiger partial charge in [-0.15, -0.1) is 0 Å². The molecule has 0 radical (unpaired) electrons. The smallest absolute Gasteiger partial charge is 0.269 e. The molecule has 1 fully saturated rings. The highest BCUT2D eigenvalue weighted by atomic mass is 16.5. The minimum absolute atomic E-state index is 0.0136. The van der Waals surface area contributed by atoms with Crippen LogP contribution < -0.4 is 14.8 Å². The van der Waals surface area contributed by atoms with Crippen molar-refractivity contribution < 1.29 is 28.7 Å². The number of carbonyl (C=O) groups excluding carboxylic acids is 4. The first-order valence-electron chi connectivity index (χ1n) is 14.6. The molecule has 0 spiro atoms. The van der Waals surface area contributed by atoms with Gasteiger partial charge in [-0.05, 0) is 43.0 Å². The number of ether oxygens (including phenoxy) is 2. The topological polar surface area (TPSA) is 127 Å². The van der Waals surface area contributed by atoms with Gasteiger partial charge in [-0.3, -0.25) is 24.2 Å². The molecule has 12 nitrogen and oxygen atoms in total. The number of aryl methyl sites for hydroxylation is 2. The predicted molar refractivity (Wildman–Crippen MR) is 165 cm³/mol. The summed E-state index contributed by atoms with van der Waals surface area (Å²) in [6.07, 6.45) is 7.92. The van der Waals surface area contributed by atoms with E-state index >= 15 is 0 Å². The maximum absolute atomic E-state index is 13.1. The third kappa shape index (κ3) is 6.38. The van der Waals surface area contributed by atoms with E-state index in [0.717, 1.165) is 18.4 Å². The van der Waals surface area contributed by atoms with E-state index in [-0.39, 0.29) is 49.0 Å². The van der Waals surface area contributed by atoms with Crippen molar-refractivity contribution >= 4 is 41.1 Å². The highest BCUT2D eigenvalue weighted by Gasteiger charge is 2.32. The fourth-order valence-electron chi connectivity index (χ4n) is 5.62. The summed E-state index contributed by atoms with van der Waals surface area (Å²) in [6.45, 7) is 0.968. The van der Waals surface area contributed by atoms with Crippen LogP contribution in [-0.2, 0) is 25.3 Å². The molecule has 0 unspecified atom stereocenters. The second kappa shape index (κ2) is 12.8. The maximum atomic E-state index is 13.1. The number of rotatable bonds is 11. The first-order valence-corrected chi connectivity index (χ1v) is 14.6. The summed E-state index contributed by atoms with van der Waals surface area (Å²) < 4.78 is 14.8. The van der Waals surface area contributed by atoms with Gasteiger partial charge >= 0.3 is 0 Å². The largest absolute Gasteiger partial charge is 0.493 e. The van der Waals surface area contributed by atoms with Gasteiger partial charge in [-0.2, -0.15) is 0 Å². The minimum atomic E-state index is -0.210. The molecule has 0 aliphatic carbocycles. The van der Waals surface area contributed by atoms with Gasteiger partial charge in [-0.1, -0.05) is 0 Å². The Morgan fingerprint density at radius 2 is 1.82 bits per heavy atom. The lowest BCUT2D eigenvalue weighted by Crippen LogP contribution is -2.35. The summed E-state index contributed by atoms with van der Waals surface area (Å²) in [6, 6.07) is 6.78. The van der Waals surface area contributed by atoms with Gasteiger partial charge in [0.25, 0.3) is 11.8 Å². The van der Waals surface area contributed by atoms with E-state index in [2.05, 4.69) is 10.3 Å². The summed E-state index contributed by atoms with van der Waals surface area (Å²) in [7, 11) is 8.41. The predicted octanol–water partition coefficient (Wildman–Crippen LogP) is 3.62. The van der Waals surface area contributed by atoms with Gasteiger partial charge in [0.1, 0.15) is 5.69 Å². The molecule has 3 aromatic rings. The zero-order valence-corrected chi connectivity index (χ0v) is 25.8. The normalized spacial score (nSPS) is 15.4. The van der Waals surface area contributed by atoms with Gasteiger partial charge in [0, 0.05) is 72.3 Å². The molecular formula is C32H38N6O6. The van der Waals surface area contributed by atoms with E-state index in [4.69, 9.17) is 9.47 Å². The van der Waals surface area contributed by atoms with Crippen molar-refractivity contribution in [2.45, 2.75) is 38.1 Å². The number of hydrogen-bond donors (Lipinski definition) is 1. The Labute approximate surface area is 256 Å². The van der Waals surface area contributed by atoms with Gasteiger partial charge in [-0.25, -0.2) is 0 Å². The van der Waals surface area contributed by atoms with Gasteiger partial charge in [0.05, 0.1) is 42.4 Å². The number of aliphatic imine (C=N–C) groups is 1. The van der Waals surface area contributed by atoms with E-state index < -0.39 is 0 Å². The van der Waals surface area contributed by atoms with Crippen LogP contribution in [0.2, 0.25) is 0 Å². The number of ketones is 1. The van der Waals surface area contributed by atoms with E-state index in [1.807, 2.05) is 11.1 Å². The number of benzene rings is 1. The minimum Gasteiger partial charge on any atom is -0.493 e. The lowest BCUT2D eigenvalue weighted by molar-refractivity contribution is -0.116. The number of anilines is 1. The number of hydrogen-bond acceptors (Lipinski definition) is 7. The molecule has 5 rings (SSSR count). The van der Waals surface area contributed by atoms with Crippen LogP contribution in [0.4, 0.5) is 11.4 Å². The molecule has 2 aliphatic rings. The van der Waals surface area contributed by atoms with Crippen molar-refractivity contribution in [2.24, 2.45) is 19.1 Å². The molecule has 4 heterocycles. The van der Waals surface area contributed by atoms with Gasteiger partial charge in [0.2, 0.25) is 5.91 Å². The Kier molecular flexibility index (Phi) is 8.88. The number of nitrogens with zero attached hydrogens (tertiary/aromatic N) is 5. The molecule has 3 amide bonds. The number of carbonyl (C=O) groups is 4. The lowest BCUT2D eigenvalue weighted by atomic mass is 10.1.